The van der Waals surface area contributed by atoms with E-state index in [0.717, 1.165) is 6.42 Å². The molecule has 2 nitrogen and oxygen atoms in total. The number of phenolic OH excluding ortho intramolecular Hbond substituents is 1. The SMILES string of the molecule is CC(N)CCc1cc(Br)cc(F)c1O. The van der Waals surface area contributed by atoms with E-state index >= 15 is 0 Å². The molecule has 4 heteroatoms. The van der Waals surface area contributed by atoms with Crippen molar-refractivity contribution in [2.24, 2.45) is 5.73 Å². The molecule has 0 fully saturated rings. The van der Waals surface area contributed by atoms with Crippen molar-refractivity contribution >= 4 is 15.9 Å². The smallest absolute Gasteiger partial charge is 0.166 e. The number of rotatable bonds is 3. The molecule has 78 valence electrons. The lowest BCUT2D eigenvalue weighted by atomic mass is 10.1. The molecule has 3 N–H and O–H groups in total. The van der Waals surface area contributed by atoms with Crippen LogP contribution in [0.25, 0.3) is 0 Å². The molecule has 0 bridgehead atoms. The third-order valence-corrected chi connectivity index (χ3v) is 2.43. The van der Waals surface area contributed by atoms with Crippen molar-refractivity contribution in [1.82, 2.24) is 0 Å². The predicted octanol–water partition coefficient (Wildman–Crippen LogP) is 2.57. The molecule has 0 aliphatic rings. The fourth-order valence-electron chi connectivity index (χ4n) is 1.19. The van der Waals surface area contributed by atoms with Crippen LogP contribution in [0.5, 0.6) is 5.75 Å². The molecular weight excluding hydrogens is 249 g/mol. The fourth-order valence-corrected chi connectivity index (χ4v) is 1.67. The Morgan fingerprint density at radius 3 is 2.79 bits per heavy atom. The van der Waals surface area contributed by atoms with Crippen LogP contribution in [0.1, 0.15) is 18.9 Å². The highest BCUT2D eigenvalue weighted by Crippen LogP contribution is 2.27. The van der Waals surface area contributed by atoms with E-state index in [0.29, 0.717) is 16.5 Å². The number of nitrogens with two attached hydrogens (primary N) is 1. The maximum absolute atomic E-state index is 13.1. The number of hydrogen-bond donors (Lipinski definition) is 2. The minimum Gasteiger partial charge on any atom is -0.505 e. The normalized spacial score (nSPS) is 12.9. The van der Waals surface area contributed by atoms with Gasteiger partial charge in [0.2, 0.25) is 0 Å². The van der Waals surface area contributed by atoms with Crippen LogP contribution in [0, 0.1) is 5.82 Å². The van der Waals surface area contributed by atoms with Gasteiger partial charge in [-0.2, -0.15) is 0 Å². The summed E-state index contributed by atoms with van der Waals surface area (Å²) in [4.78, 5) is 0. The Bertz CT molecular complexity index is 328. The fraction of sp³-hybridized carbons (Fsp3) is 0.400. The molecule has 0 saturated heterocycles. The zero-order valence-corrected chi connectivity index (χ0v) is 9.51. The topological polar surface area (TPSA) is 46.2 Å². The third-order valence-electron chi connectivity index (χ3n) is 1.98. The van der Waals surface area contributed by atoms with E-state index in [4.69, 9.17) is 5.73 Å². The molecule has 1 atom stereocenters. The zero-order valence-electron chi connectivity index (χ0n) is 7.93. The Hall–Kier alpha value is -0.610. The lowest BCUT2D eigenvalue weighted by Gasteiger charge is -2.08. The zero-order chi connectivity index (χ0) is 10.7. The van der Waals surface area contributed by atoms with Crippen LogP contribution in [-0.4, -0.2) is 11.1 Å². The van der Waals surface area contributed by atoms with Gasteiger partial charge in [0, 0.05) is 10.5 Å². The Morgan fingerprint density at radius 2 is 2.21 bits per heavy atom. The van der Waals surface area contributed by atoms with E-state index < -0.39 is 5.82 Å². The van der Waals surface area contributed by atoms with Crippen LogP contribution in [0.3, 0.4) is 0 Å². The monoisotopic (exact) mass is 261 g/mol. The third kappa shape index (κ3) is 2.96. The molecular formula is C10H13BrFNO. The standard InChI is InChI=1S/C10H13BrFNO/c1-6(13)2-3-7-4-8(11)5-9(12)10(7)14/h4-6,14H,2-3,13H2,1H3. The molecule has 0 spiro atoms. The van der Waals surface area contributed by atoms with Gasteiger partial charge in [0.25, 0.3) is 0 Å². The van der Waals surface area contributed by atoms with E-state index in [1.54, 1.807) is 6.07 Å². The number of benzene rings is 1. The summed E-state index contributed by atoms with van der Waals surface area (Å²) in [7, 11) is 0. The highest BCUT2D eigenvalue weighted by Gasteiger charge is 2.09. The Morgan fingerprint density at radius 1 is 1.57 bits per heavy atom. The van der Waals surface area contributed by atoms with Gasteiger partial charge in [-0.05, 0) is 37.5 Å². The Balaban J connectivity index is 2.85. The Labute approximate surface area is 91.1 Å². The number of aromatic hydroxyl groups is 1. The van der Waals surface area contributed by atoms with Crippen LogP contribution < -0.4 is 5.73 Å². The van der Waals surface area contributed by atoms with Gasteiger partial charge in [0.05, 0.1) is 0 Å². The first-order chi connectivity index (χ1) is 6.50. The highest BCUT2D eigenvalue weighted by atomic mass is 79.9. The number of halogens is 2. The van der Waals surface area contributed by atoms with Crippen LogP contribution in [0.4, 0.5) is 4.39 Å². The molecule has 0 heterocycles. The van der Waals surface area contributed by atoms with E-state index in [-0.39, 0.29) is 11.8 Å². The number of hydrogen-bond acceptors (Lipinski definition) is 2. The van der Waals surface area contributed by atoms with Gasteiger partial charge >= 0.3 is 0 Å². The average Bonchev–Trinajstić information content (AvgIpc) is 2.08. The van der Waals surface area contributed by atoms with Crippen molar-refractivity contribution in [3.05, 3.63) is 28.0 Å². The minimum absolute atomic E-state index is 0.0523. The second-order valence-electron chi connectivity index (χ2n) is 3.41. The van der Waals surface area contributed by atoms with Crippen molar-refractivity contribution in [3.8, 4) is 5.75 Å². The number of aryl methyl sites for hydroxylation is 1. The van der Waals surface area contributed by atoms with Gasteiger partial charge < -0.3 is 10.8 Å². The largest absolute Gasteiger partial charge is 0.505 e. The highest BCUT2D eigenvalue weighted by molar-refractivity contribution is 9.10. The molecule has 0 amide bonds. The Kier molecular flexibility index (Phi) is 3.89. The van der Waals surface area contributed by atoms with Crippen molar-refractivity contribution in [2.75, 3.05) is 0 Å². The predicted molar refractivity (Wildman–Crippen MR) is 57.7 cm³/mol. The van der Waals surface area contributed by atoms with Crippen LogP contribution >= 0.6 is 15.9 Å². The first kappa shape index (κ1) is 11.5. The van der Waals surface area contributed by atoms with E-state index in [1.807, 2.05) is 6.92 Å². The van der Waals surface area contributed by atoms with Gasteiger partial charge in [-0.15, -0.1) is 0 Å². The molecule has 0 saturated carbocycles. The lowest BCUT2D eigenvalue weighted by Crippen LogP contribution is -2.15. The van der Waals surface area contributed by atoms with Gasteiger partial charge in [0.1, 0.15) is 0 Å². The average molecular weight is 262 g/mol. The van der Waals surface area contributed by atoms with Crippen LogP contribution in [0.15, 0.2) is 16.6 Å². The lowest BCUT2D eigenvalue weighted by molar-refractivity contribution is 0.424. The summed E-state index contributed by atoms with van der Waals surface area (Å²) in [6.45, 7) is 1.88. The molecule has 1 unspecified atom stereocenters. The summed E-state index contributed by atoms with van der Waals surface area (Å²) >= 11 is 3.17. The summed E-state index contributed by atoms with van der Waals surface area (Å²) in [5.74, 6) is -0.868. The summed E-state index contributed by atoms with van der Waals surface area (Å²) in [5, 5.41) is 9.40. The van der Waals surface area contributed by atoms with Gasteiger partial charge in [0.15, 0.2) is 11.6 Å². The first-order valence-corrected chi connectivity index (χ1v) is 5.22. The quantitative estimate of drug-likeness (QED) is 0.879. The second kappa shape index (κ2) is 4.75. The number of phenols is 1. The molecule has 0 aliphatic heterocycles. The van der Waals surface area contributed by atoms with Crippen LogP contribution in [-0.2, 0) is 6.42 Å². The van der Waals surface area contributed by atoms with E-state index in [9.17, 15) is 9.50 Å². The summed E-state index contributed by atoms with van der Waals surface area (Å²) < 4.78 is 13.7. The summed E-state index contributed by atoms with van der Waals surface area (Å²) in [6, 6.07) is 3.00. The molecule has 0 radical (unpaired) electrons. The summed E-state index contributed by atoms with van der Waals surface area (Å²) in [6.07, 6.45) is 1.31. The summed E-state index contributed by atoms with van der Waals surface area (Å²) in [5.41, 5.74) is 6.17. The second-order valence-corrected chi connectivity index (χ2v) is 4.33. The molecule has 14 heavy (non-hydrogen) atoms. The van der Waals surface area contributed by atoms with E-state index in [1.165, 1.54) is 6.07 Å². The van der Waals surface area contributed by atoms with Crippen molar-refractivity contribution in [3.63, 3.8) is 0 Å². The van der Waals surface area contributed by atoms with Gasteiger partial charge in [-0.3, -0.25) is 0 Å². The van der Waals surface area contributed by atoms with Gasteiger partial charge in [-0.25, -0.2) is 4.39 Å². The van der Waals surface area contributed by atoms with E-state index in [2.05, 4.69) is 15.9 Å². The minimum atomic E-state index is -0.598. The molecule has 1 rings (SSSR count). The maximum atomic E-state index is 13.1. The molecule has 1 aromatic carbocycles. The maximum Gasteiger partial charge on any atom is 0.166 e. The van der Waals surface area contributed by atoms with Gasteiger partial charge in [-0.1, -0.05) is 15.9 Å². The van der Waals surface area contributed by atoms with Crippen molar-refractivity contribution in [1.29, 1.82) is 0 Å². The van der Waals surface area contributed by atoms with Crippen molar-refractivity contribution < 1.29 is 9.50 Å². The molecule has 0 aromatic heterocycles. The first-order valence-electron chi connectivity index (χ1n) is 4.43. The molecule has 0 aliphatic carbocycles. The molecule has 1 aromatic rings. The van der Waals surface area contributed by atoms with Crippen molar-refractivity contribution in [2.45, 2.75) is 25.8 Å². The van der Waals surface area contributed by atoms with Crippen LogP contribution in [0.2, 0.25) is 0 Å².